The summed E-state index contributed by atoms with van der Waals surface area (Å²) in [6.45, 7) is 8.26. The minimum atomic E-state index is -0.508. The Morgan fingerprint density at radius 1 is 1.23 bits per heavy atom. The SMILES string of the molecule is CCNC(=NCCC(=O)N(CC)CC)NC1CC1c1c(F)cccc1F. The molecule has 26 heavy (non-hydrogen) atoms. The zero-order valence-corrected chi connectivity index (χ0v) is 15.7. The molecule has 1 saturated carbocycles. The molecular formula is C19H28F2N4O. The summed E-state index contributed by atoms with van der Waals surface area (Å²) in [5.41, 5.74) is 0.137. The monoisotopic (exact) mass is 366 g/mol. The first-order valence-electron chi connectivity index (χ1n) is 9.28. The van der Waals surface area contributed by atoms with Crippen molar-refractivity contribution in [2.45, 2.75) is 45.6 Å². The molecule has 0 bridgehead atoms. The van der Waals surface area contributed by atoms with E-state index in [9.17, 15) is 13.6 Å². The minimum absolute atomic E-state index is 0.0577. The Hall–Kier alpha value is -2.18. The highest BCUT2D eigenvalue weighted by Crippen LogP contribution is 2.43. The van der Waals surface area contributed by atoms with Crippen LogP contribution in [0.4, 0.5) is 8.78 Å². The van der Waals surface area contributed by atoms with E-state index in [1.54, 1.807) is 4.90 Å². The first-order chi connectivity index (χ1) is 12.5. The van der Waals surface area contributed by atoms with Gasteiger partial charge in [-0.3, -0.25) is 9.79 Å². The molecular weight excluding hydrogens is 338 g/mol. The third-order valence-electron chi connectivity index (χ3n) is 4.54. The van der Waals surface area contributed by atoms with Gasteiger partial charge in [-0.25, -0.2) is 8.78 Å². The van der Waals surface area contributed by atoms with Crippen molar-refractivity contribution in [3.63, 3.8) is 0 Å². The molecule has 5 nitrogen and oxygen atoms in total. The lowest BCUT2D eigenvalue weighted by atomic mass is 10.1. The van der Waals surface area contributed by atoms with Crippen LogP contribution in [0.1, 0.15) is 45.1 Å². The van der Waals surface area contributed by atoms with Crippen molar-refractivity contribution in [1.29, 1.82) is 0 Å². The highest BCUT2D eigenvalue weighted by molar-refractivity contribution is 5.81. The first kappa shape index (κ1) is 20.1. The van der Waals surface area contributed by atoms with Gasteiger partial charge in [-0.15, -0.1) is 0 Å². The van der Waals surface area contributed by atoms with Crippen molar-refractivity contribution < 1.29 is 13.6 Å². The Balaban J connectivity index is 1.92. The lowest BCUT2D eigenvalue weighted by Crippen LogP contribution is -2.39. The summed E-state index contributed by atoms with van der Waals surface area (Å²) in [6, 6.07) is 3.88. The summed E-state index contributed by atoms with van der Waals surface area (Å²) in [5, 5.41) is 6.32. The number of nitrogens with one attached hydrogen (secondary N) is 2. The molecule has 2 unspecified atom stereocenters. The van der Waals surface area contributed by atoms with Gasteiger partial charge in [0.1, 0.15) is 11.6 Å². The Bertz CT molecular complexity index is 626. The van der Waals surface area contributed by atoms with Gasteiger partial charge in [0, 0.05) is 43.6 Å². The number of amides is 1. The Kier molecular flexibility index (Phi) is 7.36. The highest BCUT2D eigenvalue weighted by atomic mass is 19.1. The summed E-state index contributed by atoms with van der Waals surface area (Å²) in [5.74, 6) is -0.564. The number of nitrogens with zero attached hydrogens (tertiary/aromatic N) is 2. The van der Waals surface area contributed by atoms with Crippen LogP contribution in [0.2, 0.25) is 0 Å². The van der Waals surface area contributed by atoms with Crippen molar-refractivity contribution in [2.75, 3.05) is 26.2 Å². The van der Waals surface area contributed by atoms with Gasteiger partial charge >= 0.3 is 0 Å². The summed E-state index contributed by atoms with van der Waals surface area (Å²) in [4.78, 5) is 18.2. The van der Waals surface area contributed by atoms with Gasteiger partial charge in [0.25, 0.3) is 0 Å². The molecule has 1 aliphatic rings. The molecule has 0 heterocycles. The second-order valence-corrected chi connectivity index (χ2v) is 6.31. The van der Waals surface area contributed by atoms with Gasteiger partial charge in [-0.2, -0.15) is 0 Å². The molecule has 1 fully saturated rings. The molecule has 1 amide bonds. The molecule has 0 saturated heterocycles. The molecule has 0 aliphatic heterocycles. The topological polar surface area (TPSA) is 56.7 Å². The van der Waals surface area contributed by atoms with E-state index < -0.39 is 11.6 Å². The maximum atomic E-state index is 13.9. The molecule has 7 heteroatoms. The fourth-order valence-corrected chi connectivity index (χ4v) is 3.03. The number of halogens is 2. The van der Waals surface area contributed by atoms with E-state index in [1.807, 2.05) is 20.8 Å². The standard InChI is InChI=1S/C19H28F2N4O/c1-4-22-19(23-11-10-17(26)25(5-2)6-3)24-16-12-13(16)18-14(20)8-7-9-15(18)21/h7-9,13,16H,4-6,10-12H2,1-3H3,(H2,22,23,24). The van der Waals surface area contributed by atoms with Crippen molar-refractivity contribution in [3.05, 3.63) is 35.4 Å². The molecule has 0 spiro atoms. The van der Waals surface area contributed by atoms with Crippen molar-refractivity contribution in [1.82, 2.24) is 15.5 Å². The normalized spacial score (nSPS) is 19.2. The van der Waals surface area contributed by atoms with Crippen LogP contribution < -0.4 is 10.6 Å². The van der Waals surface area contributed by atoms with E-state index >= 15 is 0 Å². The Labute approximate surface area is 153 Å². The second kappa shape index (κ2) is 9.50. The number of hydrogen-bond donors (Lipinski definition) is 2. The molecule has 2 N–H and O–H groups in total. The van der Waals surface area contributed by atoms with E-state index in [4.69, 9.17) is 0 Å². The highest BCUT2D eigenvalue weighted by Gasteiger charge is 2.42. The maximum Gasteiger partial charge on any atom is 0.224 e. The van der Waals surface area contributed by atoms with Crippen LogP contribution in [0.3, 0.4) is 0 Å². The summed E-state index contributed by atoms with van der Waals surface area (Å²) in [6.07, 6.45) is 0.995. The van der Waals surface area contributed by atoms with Crippen LogP contribution in [-0.2, 0) is 4.79 Å². The predicted molar refractivity (Wildman–Crippen MR) is 99.2 cm³/mol. The summed E-state index contributed by atoms with van der Waals surface area (Å²) in [7, 11) is 0. The van der Waals surface area contributed by atoms with Gasteiger partial charge in [0.2, 0.25) is 5.91 Å². The summed E-state index contributed by atoms with van der Waals surface area (Å²) >= 11 is 0. The third kappa shape index (κ3) is 5.16. The van der Waals surface area contributed by atoms with E-state index in [2.05, 4.69) is 15.6 Å². The molecule has 1 aromatic carbocycles. The first-order valence-corrected chi connectivity index (χ1v) is 9.28. The smallest absolute Gasteiger partial charge is 0.224 e. The largest absolute Gasteiger partial charge is 0.357 e. The molecule has 1 aliphatic carbocycles. The van der Waals surface area contributed by atoms with Crippen LogP contribution in [0.15, 0.2) is 23.2 Å². The van der Waals surface area contributed by atoms with Gasteiger partial charge in [0.05, 0.1) is 6.54 Å². The van der Waals surface area contributed by atoms with Gasteiger partial charge < -0.3 is 15.5 Å². The second-order valence-electron chi connectivity index (χ2n) is 6.31. The Morgan fingerprint density at radius 3 is 2.46 bits per heavy atom. The van der Waals surface area contributed by atoms with Crippen LogP contribution in [0, 0.1) is 11.6 Å². The van der Waals surface area contributed by atoms with Crippen LogP contribution in [-0.4, -0.2) is 49.0 Å². The molecule has 1 aromatic rings. The zero-order valence-electron chi connectivity index (χ0n) is 15.7. The molecule has 144 valence electrons. The average molecular weight is 366 g/mol. The lowest BCUT2D eigenvalue weighted by molar-refractivity contribution is -0.130. The van der Waals surface area contributed by atoms with E-state index in [-0.39, 0.29) is 23.4 Å². The number of benzene rings is 1. The van der Waals surface area contributed by atoms with E-state index in [0.29, 0.717) is 45.0 Å². The van der Waals surface area contributed by atoms with Crippen molar-refractivity contribution >= 4 is 11.9 Å². The van der Waals surface area contributed by atoms with Crippen LogP contribution >= 0.6 is 0 Å². The number of guanidine groups is 1. The number of rotatable bonds is 8. The number of carbonyl (C=O) groups is 1. The average Bonchev–Trinajstić information content (AvgIpc) is 3.34. The zero-order chi connectivity index (χ0) is 19.1. The minimum Gasteiger partial charge on any atom is -0.357 e. The molecule has 2 rings (SSSR count). The Morgan fingerprint density at radius 2 is 1.88 bits per heavy atom. The molecule has 0 radical (unpaired) electrons. The number of aliphatic imine (C=N–C) groups is 1. The van der Waals surface area contributed by atoms with Crippen LogP contribution in [0.25, 0.3) is 0 Å². The lowest BCUT2D eigenvalue weighted by Gasteiger charge is -2.18. The quantitative estimate of drug-likeness (QED) is 0.549. The summed E-state index contributed by atoms with van der Waals surface area (Å²) < 4.78 is 27.8. The van der Waals surface area contributed by atoms with Gasteiger partial charge in [-0.1, -0.05) is 6.07 Å². The van der Waals surface area contributed by atoms with E-state index in [0.717, 1.165) is 0 Å². The van der Waals surface area contributed by atoms with E-state index in [1.165, 1.54) is 18.2 Å². The third-order valence-corrected chi connectivity index (χ3v) is 4.54. The predicted octanol–water partition coefficient (Wildman–Crippen LogP) is 2.63. The number of carbonyl (C=O) groups excluding carboxylic acids is 1. The van der Waals surface area contributed by atoms with Crippen molar-refractivity contribution in [2.24, 2.45) is 4.99 Å². The molecule has 2 atom stereocenters. The maximum absolute atomic E-state index is 13.9. The van der Waals surface area contributed by atoms with Crippen molar-refractivity contribution in [3.8, 4) is 0 Å². The fourth-order valence-electron chi connectivity index (χ4n) is 3.03. The fraction of sp³-hybridized carbons (Fsp3) is 0.579. The van der Waals surface area contributed by atoms with Crippen LogP contribution in [0.5, 0.6) is 0 Å². The number of hydrogen-bond acceptors (Lipinski definition) is 2. The molecule has 0 aromatic heterocycles. The van der Waals surface area contributed by atoms with Gasteiger partial charge in [0.15, 0.2) is 5.96 Å². The van der Waals surface area contributed by atoms with Gasteiger partial charge in [-0.05, 0) is 39.3 Å².